The zero-order valence-corrected chi connectivity index (χ0v) is 14.7. The van der Waals surface area contributed by atoms with Gasteiger partial charge < -0.3 is 13.9 Å². The number of hydrogen-bond acceptors (Lipinski definition) is 3. The average Bonchev–Trinajstić information content (AvgIpc) is 2.82. The Labute approximate surface area is 125 Å². The van der Waals surface area contributed by atoms with Crippen LogP contribution in [0.5, 0.6) is 0 Å². The predicted molar refractivity (Wildman–Crippen MR) is 86.3 cm³/mol. The minimum Gasteiger partial charge on any atom is -0.405 e. The molecule has 0 saturated carbocycles. The maximum Gasteiger partial charge on any atom is 0.197 e. The van der Waals surface area contributed by atoms with Crippen molar-refractivity contribution >= 4 is 8.32 Å². The summed E-state index contributed by atoms with van der Waals surface area (Å²) in [5, 5.41) is 0.145. The third-order valence-corrected chi connectivity index (χ3v) is 8.79. The molecule has 3 nitrogen and oxygen atoms in total. The van der Waals surface area contributed by atoms with E-state index in [9.17, 15) is 0 Å². The molecule has 1 aliphatic rings. The van der Waals surface area contributed by atoms with Gasteiger partial charge in [-0.3, -0.25) is 0 Å². The van der Waals surface area contributed by atoms with E-state index in [1.54, 1.807) is 6.08 Å². The summed E-state index contributed by atoms with van der Waals surface area (Å²) in [6.07, 6.45) is 5.17. The molecule has 20 heavy (non-hydrogen) atoms. The second-order valence-electron chi connectivity index (χ2n) is 6.90. The van der Waals surface area contributed by atoms with E-state index >= 15 is 0 Å². The van der Waals surface area contributed by atoms with Gasteiger partial charge in [-0.1, -0.05) is 32.9 Å². The number of ether oxygens (including phenoxy) is 2. The smallest absolute Gasteiger partial charge is 0.197 e. The quantitative estimate of drug-likeness (QED) is 0.519. The Morgan fingerprint density at radius 2 is 2.00 bits per heavy atom. The molecular formula is C16H30O3Si. The fraction of sp³-hybridized carbons (Fsp3) is 0.750. The minimum absolute atomic E-state index is 0.145. The summed E-state index contributed by atoms with van der Waals surface area (Å²) in [5.74, 6) is -0.689. The second kappa shape index (κ2) is 6.56. The molecular weight excluding hydrogens is 268 g/mol. The molecule has 1 aliphatic heterocycles. The van der Waals surface area contributed by atoms with Gasteiger partial charge in [-0.15, -0.1) is 13.2 Å². The maximum atomic E-state index is 6.47. The van der Waals surface area contributed by atoms with E-state index in [4.69, 9.17) is 13.9 Å². The zero-order chi connectivity index (χ0) is 15.4. The first-order valence-corrected chi connectivity index (χ1v) is 10.3. The molecule has 0 bridgehead atoms. The Morgan fingerprint density at radius 1 is 1.35 bits per heavy atom. The minimum atomic E-state index is -1.90. The van der Waals surface area contributed by atoms with Crippen molar-refractivity contribution in [1.29, 1.82) is 0 Å². The van der Waals surface area contributed by atoms with Crippen LogP contribution in [0.25, 0.3) is 0 Å². The van der Waals surface area contributed by atoms with Crippen molar-refractivity contribution in [3.05, 3.63) is 25.3 Å². The molecule has 0 aromatic heterocycles. The lowest BCUT2D eigenvalue weighted by molar-refractivity contribution is -0.240. The number of rotatable bonds is 7. The van der Waals surface area contributed by atoms with Gasteiger partial charge in [0.2, 0.25) is 0 Å². The Morgan fingerprint density at radius 3 is 2.40 bits per heavy atom. The Bertz CT molecular complexity index is 338. The summed E-state index contributed by atoms with van der Waals surface area (Å²) >= 11 is 0. The first-order valence-electron chi connectivity index (χ1n) is 7.38. The average molecular weight is 298 g/mol. The molecule has 1 fully saturated rings. The van der Waals surface area contributed by atoms with E-state index in [0.29, 0.717) is 13.2 Å². The molecule has 0 radical (unpaired) electrons. The highest BCUT2D eigenvalue weighted by molar-refractivity contribution is 6.74. The van der Waals surface area contributed by atoms with Crippen molar-refractivity contribution in [2.75, 3.05) is 13.2 Å². The van der Waals surface area contributed by atoms with E-state index in [-0.39, 0.29) is 11.1 Å². The largest absolute Gasteiger partial charge is 0.405 e. The van der Waals surface area contributed by atoms with Crippen molar-refractivity contribution in [3.63, 3.8) is 0 Å². The zero-order valence-electron chi connectivity index (χ0n) is 13.7. The molecule has 1 heterocycles. The standard InChI is InChI=1S/C16H30O3Si/c1-8-12-17-16(11-10-13-18-16)14(9-2)19-20(6,7)15(3,4)5/h8-9,14H,1-2,10-13H2,3-7H3/t14?,16-/m1/s1. The van der Waals surface area contributed by atoms with Crippen LogP contribution in [0.4, 0.5) is 0 Å². The Kier molecular flexibility index (Phi) is 5.78. The van der Waals surface area contributed by atoms with Crippen LogP contribution in [0.1, 0.15) is 33.6 Å². The van der Waals surface area contributed by atoms with Crippen molar-refractivity contribution in [2.24, 2.45) is 0 Å². The van der Waals surface area contributed by atoms with Crippen LogP contribution in [0.15, 0.2) is 25.3 Å². The van der Waals surface area contributed by atoms with Crippen LogP contribution in [0.2, 0.25) is 18.1 Å². The molecule has 1 rings (SSSR count). The first-order chi connectivity index (χ1) is 9.18. The third-order valence-electron chi connectivity index (χ3n) is 4.34. The third kappa shape index (κ3) is 3.82. The molecule has 1 unspecified atom stereocenters. The van der Waals surface area contributed by atoms with Gasteiger partial charge in [0, 0.05) is 6.42 Å². The van der Waals surface area contributed by atoms with Crippen molar-refractivity contribution < 1.29 is 13.9 Å². The molecule has 116 valence electrons. The molecule has 4 heteroatoms. The monoisotopic (exact) mass is 298 g/mol. The number of hydrogen-bond donors (Lipinski definition) is 0. The lowest BCUT2D eigenvalue weighted by atomic mass is 10.1. The van der Waals surface area contributed by atoms with Gasteiger partial charge >= 0.3 is 0 Å². The fourth-order valence-corrected chi connectivity index (χ4v) is 3.33. The molecule has 0 aliphatic carbocycles. The van der Waals surface area contributed by atoms with Gasteiger partial charge in [0.1, 0.15) is 6.10 Å². The molecule has 0 spiro atoms. The molecule has 1 saturated heterocycles. The Hall–Kier alpha value is -0.423. The lowest BCUT2D eigenvalue weighted by Crippen LogP contribution is -2.52. The van der Waals surface area contributed by atoms with Gasteiger partial charge in [-0.2, -0.15) is 0 Å². The van der Waals surface area contributed by atoms with Crippen LogP contribution in [-0.4, -0.2) is 33.4 Å². The highest BCUT2D eigenvalue weighted by Crippen LogP contribution is 2.41. The van der Waals surface area contributed by atoms with Crippen LogP contribution >= 0.6 is 0 Å². The summed E-state index contributed by atoms with van der Waals surface area (Å²) in [6, 6.07) is 0. The summed E-state index contributed by atoms with van der Waals surface area (Å²) < 4.78 is 18.3. The SMILES string of the molecule is C=CCO[C@]1(C(C=C)O[Si](C)(C)C(C)(C)C)CCCO1. The first kappa shape index (κ1) is 17.6. The maximum absolute atomic E-state index is 6.47. The fourth-order valence-electron chi connectivity index (χ4n) is 2.07. The van der Waals surface area contributed by atoms with Crippen molar-refractivity contribution in [1.82, 2.24) is 0 Å². The van der Waals surface area contributed by atoms with E-state index in [0.717, 1.165) is 12.8 Å². The second-order valence-corrected chi connectivity index (χ2v) is 11.7. The Balaban J connectivity index is 2.92. The summed E-state index contributed by atoms with van der Waals surface area (Å²) in [6.45, 7) is 20.0. The molecule has 0 aromatic rings. The highest BCUT2D eigenvalue weighted by atomic mass is 28.4. The van der Waals surface area contributed by atoms with Crippen molar-refractivity contribution in [2.45, 2.75) is 63.6 Å². The van der Waals surface area contributed by atoms with E-state index in [2.05, 4.69) is 47.0 Å². The summed E-state index contributed by atoms with van der Waals surface area (Å²) in [5.41, 5.74) is 0. The van der Waals surface area contributed by atoms with E-state index < -0.39 is 14.1 Å². The van der Waals surface area contributed by atoms with E-state index in [1.165, 1.54) is 0 Å². The van der Waals surface area contributed by atoms with Gasteiger partial charge in [-0.05, 0) is 24.6 Å². The van der Waals surface area contributed by atoms with E-state index in [1.807, 2.05) is 6.08 Å². The molecule has 0 amide bonds. The van der Waals surface area contributed by atoms with Crippen LogP contribution < -0.4 is 0 Å². The summed E-state index contributed by atoms with van der Waals surface area (Å²) in [7, 11) is -1.90. The van der Waals surface area contributed by atoms with Gasteiger partial charge in [0.25, 0.3) is 0 Å². The highest BCUT2D eigenvalue weighted by Gasteiger charge is 2.48. The normalized spacial score (nSPS) is 25.4. The topological polar surface area (TPSA) is 27.7 Å². The van der Waals surface area contributed by atoms with Crippen LogP contribution in [-0.2, 0) is 13.9 Å². The predicted octanol–water partition coefficient (Wildman–Crippen LogP) is 4.27. The van der Waals surface area contributed by atoms with Gasteiger partial charge in [-0.25, -0.2) is 0 Å². The summed E-state index contributed by atoms with van der Waals surface area (Å²) in [4.78, 5) is 0. The van der Waals surface area contributed by atoms with Crippen LogP contribution in [0.3, 0.4) is 0 Å². The van der Waals surface area contributed by atoms with Gasteiger partial charge in [0.15, 0.2) is 14.1 Å². The molecule has 2 atom stereocenters. The molecule has 0 N–H and O–H groups in total. The molecule has 0 aromatic carbocycles. The lowest BCUT2D eigenvalue weighted by Gasteiger charge is -2.43. The van der Waals surface area contributed by atoms with Crippen LogP contribution in [0, 0.1) is 0 Å². The van der Waals surface area contributed by atoms with Gasteiger partial charge in [0.05, 0.1) is 13.2 Å². The van der Waals surface area contributed by atoms with Crippen molar-refractivity contribution in [3.8, 4) is 0 Å².